The van der Waals surface area contributed by atoms with Crippen LogP contribution < -0.4 is 15.8 Å². The topological polar surface area (TPSA) is 123 Å². The van der Waals surface area contributed by atoms with Crippen molar-refractivity contribution >= 4 is 29.6 Å². The number of allylic oxidation sites excluding steroid dienone is 1. The van der Waals surface area contributed by atoms with E-state index in [9.17, 15) is 14.4 Å². The first-order valence-electron chi connectivity index (χ1n) is 13.6. The molecule has 1 fully saturated rings. The normalized spacial score (nSPS) is 15.1. The predicted octanol–water partition coefficient (Wildman–Crippen LogP) is 3.16. The van der Waals surface area contributed by atoms with E-state index >= 15 is 0 Å². The molecule has 0 radical (unpaired) electrons. The second kappa shape index (κ2) is 15.5. The molecule has 3 rings (SSSR count). The molecule has 0 bridgehead atoms. The molecule has 0 spiro atoms. The summed E-state index contributed by atoms with van der Waals surface area (Å²) in [5.74, 6) is 0.319. The fraction of sp³-hybridized carbons (Fsp3) is 0.419. The highest BCUT2D eigenvalue weighted by Crippen LogP contribution is 2.22. The zero-order chi connectivity index (χ0) is 28.9. The minimum atomic E-state index is -0.767. The fourth-order valence-corrected chi connectivity index (χ4v) is 4.90. The summed E-state index contributed by atoms with van der Waals surface area (Å²) in [5.41, 5.74) is 9.48. The summed E-state index contributed by atoms with van der Waals surface area (Å²) in [6.07, 6.45) is 6.43. The molecular weight excluding hydrogens is 508 g/mol. The van der Waals surface area contributed by atoms with Crippen LogP contribution >= 0.6 is 0 Å². The quantitative estimate of drug-likeness (QED) is 0.310. The standard InChI is InChI=1S/C31H40N4O5/c1-33-21-26(20-32)25-6-4-5-22(17-25)9-12-30(37)35-15-13-24(14-16-35)19-29(36)34-28(31(38)40-3)18-23-7-10-27(39-2)11-8-23/h4-8,10-11,17,20-21,24,28H,9,12-16,18-19,32H2,1-3H3,(H,34,36)/t28-/m0/s1. The number of aryl methyl sites for hydroxylation is 1. The second-order valence-electron chi connectivity index (χ2n) is 9.93. The molecule has 3 N–H and O–H groups in total. The van der Waals surface area contributed by atoms with E-state index in [4.69, 9.17) is 15.2 Å². The number of methoxy groups -OCH3 is 2. The van der Waals surface area contributed by atoms with Crippen LogP contribution in [0.2, 0.25) is 0 Å². The Balaban J connectivity index is 1.45. The van der Waals surface area contributed by atoms with Crippen LogP contribution in [0.4, 0.5) is 0 Å². The Morgan fingerprint density at radius 3 is 2.45 bits per heavy atom. The Bertz CT molecular complexity index is 1200. The molecule has 1 aliphatic heterocycles. The lowest BCUT2D eigenvalue weighted by atomic mass is 9.92. The lowest BCUT2D eigenvalue weighted by molar-refractivity contribution is -0.145. The van der Waals surface area contributed by atoms with Crippen LogP contribution in [0.5, 0.6) is 5.75 Å². The highest BCUT2D eigenvalue weighted by molar-refractivity contribution is 6.09. The Morgan fingerprint density at radius 2 is 1.82 bits per heavy atom. The van der Waals surface area contributed by atoms with E-state index in [0.29, 0.717) is 38.8 Å². The van der Waals surface area contributed by atoms with Gasteiger partial charge in [0.05, 0.1) is 14.2 Å². The van der Waals surface area contributed by atoms with Crippen molar-refractivity contribution in [2.45, 2.75) is 44.6 Å². The predicted molar refractivity (Wildman–Crippen MR) is 156 cm³/mol. The molecular formula is C31H40N4O5. The molecule has 9 heteroatoms. The van der Waals surface area contributed by atoms with Gasteiger partial charge in [-0.05, 0) is 54.0 Å². The van der Waals surface area contributed by atoms with Crippen LogP contribution in [0.1, 0.15) is 42.4 Å². The Morgan fingerprint density at radius 1 is 1.10 bits per heavy atom. The van der Waals surface area contributed by atoms with Gasteiger partial charge in [0.25, 0.3) is 0 Å². The first kappa shape index (κ1) is 30.4. The average molecular weight is 549 g/mol. The maximum Gasteiger partial charge on any atom is 0.328 e. The monoisotopic (exact) mass is 548 g/mol. The van der Waals surface area contributed by atoms with Crippen LogP contribution in [0.3, 0.4) is 0 Å². The van der Waals surface area contributed by atoms with Gasteiger partial charge in [-0.25, -0.2) is 4.79 Å². The third-order valence-corrected chi connectivity index (χ3v) is 7.20. The van der Waals surface area contributed by atoms with Crippen molar-refractivity contribution in [2.24, 2.45) is 16.6 Å². The van der Waals surface area contributed by atoms with E-state index < -0.39 is 12.0 Å². The molecule has 0 unspecified atom stereocenters. The van der Waals surface area contributed by atoms with Gasteiger partial charge in [-0.1, -0.05) is 36.4 Å². The molecule has 1 heterocycles. The smallest absolute Gasteiger partial charge is 0.328 e. The first-order chi connectivity index (χ1) is 19.4. The molecule has 2 amide bonds. The minimum absolute atomic E-state index is 0.114. The minimum Gasteiger partial charge on any atom is -0.497 e. The number of nitrogens with two attached hydrogens (primary N) is 1. The summed E-state index contributed by atoms with van der Waals surface area (Å²) in [6, 6.07) is 14.6. The number of nitrogens with one attached hydrogen (secondary N) is 1. The third kappa shape index (κ3) is 8.97. The number of carbonyl (C=O) groups is 3. The molecule has 0 aromatic heterocycles. The van der Waals surface area contributed by atoms with Crippen LogP contribution in [0.15, 0.2) is 59.7 Å². The summed E-state index contributed by atoms with van der Waals surface area (Å²) < 4.78 is 10.1. The largest absolute Gasteiger partial charge is 0.497 e. The van der Waals surface area contributed by atoms with Gasteiger partial charge in [-0.2, -0.15) is 0 Å². The summed E-state index contributed by atoms with van der Waals surface area (Å²) in [4.78, 5) is 43.9. The molecule has 0 saturated carbocycles. The van der Waals surface area contributed by atoms with E-state index in [1.165, 1.54) is 13.3 Å². The van der Waals surface area contributed by atoms with E-state index in [0.717, 1.165) is 40.9 Å². The first-order valence-corrected chi connectivity index (χ1v) is 13.6. The number of ether oxygens (including phenoxy) is 2. The van der Waals surface area contributed by atoms with Gasteiger partial charge in [0.2, 0.25) is 11.8 Å². The SMILES string of the molecule is CN=CC(=CN)c1cccc(CCC(=O)N2CCC(CC(=O)N[C@@H](Cc3ccc(OC)cc3)C(=O)OC)CC2)c1. The van der Waals surface area contributed by atoms with Gasteiger partial charge in [-0.15, -0.1) is 0 Å². The molecule has 214 valence electrons. The Labute approximate surface area is 236 Å². The second-order valence-corrected chi connectivity index (χ2v) is 9.93. The number of carbonyl (C=O) groups excluding carboxylic acids is 3. The van der Waals surface area contributed by atoms with Crippen molar-refractivity contribution in [1.82, 2.24) is 10.2 Å². The van der Waals surface area contributed by atoms with Gasteiger partial charge in [0.15, 0.2) is 0 Å². The summed E-state index contributed by atoms with van der Waals surface area (Å²) in [7, 11) is 4.60. The van der Waals surface area contributed by atoms with E-state index in [1.54, 1.807) is 20.4 Å². The van der Waals surface area contributed by atoms with Gasteiger partial charge in [-0.3, -0.25) is 14.6 Å². The van der Waals surface area contributed by atoms with Crippen molar-refractivity contribution < 1.29 is 23.9 Å². The van der Waals surface area contributed by atoms with Crippen LogP contribution in [-0.2, 0) is 32.0 Å². The number of piperidine rings is 1. The summed E-state index contributed by atoms with van der Waals surface area (Å²) in [5, 5.41) is 2.84. The highest BCUT2D eigenvalue weighted by Gasteiger charge is 2.27. The van der Waals surface area contributed by atoms with Gasteiger partial charge in [0.1, 0.15) is 11.8 Å². The summed E-state index contributed by atoms with van der Waals surface area (Å²) in [6.45, 7) is 1.24. The number of hydrogen-bond acceptors (Lipinski definition) is 7. The number of aliphatic imine (C=N–C) groups is 1. The van der Waals surface area contributed by atoms with Crippen LogP contribution in [0, 0.1) is 5.92 Å². The van der Waals surface area contributed by atoms with Crippen molar-refractivity contribution in [3.63, 3.8) is 0 Å². The zero-order valence-corrected chi connectivity index (χ0v) is 23.6. The molecule has 0 aliphatic carbocycles. The average Bonchev–Trinajstić information content (AvgIpc) is 2.98. The van der Waals surface area contributed by atoms with Gasteiger partial charge >= 0.3 is 5.97 Å². The molecule has 40 heavy (non-hydrogen) atoms. The molecule has 1 atom stereocenters. The van der Waals surface area contributed by atoms with Crippen molar-refractivity contribution in [3.05, 3.63) is 71.4 Å². The molecule has 1 aliphatic rings. The van der Waals surface area contributed by atoms with E-state index in [-0.39, 0.29) is 17.7 Å². The number of likely N-dealkylation sites (tertiary alicyclic amines) is 1. The molecule has 2 aromatic rings. The maximum atomic E-state index is 12.9. The number of benzene rings is 2. The number of nitrogens with zero attached hydrogens (tertiary/aromatic N) is 2. The lowest BCUT2D eigenvalue weighted by Gasteiger charge is -2.32. The van der Waals surface area contributed by atoms with Gasteiger partial charge < -0.3 is 25.4 Å². The van der Waals surface area contributed by atoms with Crippen molar-refractivity contribution in [1.29, 1.82) is 0 Å². The number of amides is 2. The highest BCUT2D eigenvalue weighted by atomic mass is 16.5. The number of rotatable bonds is 12. The Kier molecular flexibility index (Phi) is 11.7. The number of hydrogen-bond donors (Lipinski definition) is 2. The van der Waals surface area contributed by atoms with Crippen LogP contribution in [0.25, 0.3) is 5.57 Å². The number of esters is 1. The summed E-state index contributed by atoms with van der Waals surface area (Å²) >= 11 is 0. The Hall–Kier alpha value is -4.14. The third-order valence-electron chi connectivity index (χ3n) is 7.20. The zero-order valence-electron chi connectivity index (χ0n) is 23.6. The van der Waals surface area contributed by atoms with E-state index in [1.807, 2.05) is 53.4 Å². The van der Waals surface area contributed by atoms with Crippen molar-refractivity contribution in [3.8, 4) is 5.75 Å². The van der Waals surface area contributed by atoms with Crippen molar-refractivity contribution in [2.75, 3.05) is 34.4 Å². The van der Waals surface area contributed by atoms with Crippen LogP contribution in [-0.4, -0.2) is 69.3 Å². The van der Waals surface area contributed by atoms with E-state index in [2.05, 4.69) is 10.3 Å². The molecule has 2 aromatic carbocycles. The molecule has 1 saturated heterocycles. The molecule has 9 nitrogen and oxygen atoms in total. The van der Waals surface area contributed by atoms with Gasteiger partial charge in [0, 0.05) is 57.4 Å². The lowest BCUT2D eigenvalue weighted by Crippen LogP contribution is -2.44. The maximum absolute atomic E-state index is 12.9. The fourth-order valence-electron chi connectivity index (χ4n) is 4.90.